The maximum absolute atomic E-state index is 2.40. The molecule has 1 aliphatic carbocycles. The SMILES string of the molecule is CC1(C)c2ccccc2-c2cc(N(c3ccccc3)c3ccc4c(c3)sc3ccc(N(c5ccccc5)c5ccccc5)cc34)ccc21. The molecule has 0 radical (unpaired) electrons. The Labute approximate surface area is 285 Å². The Balaban J connectivity index is 1.17. The first-order valence-electron chi connectivity index (χ1n) is 16.5. The van der Waals surface area contributed by atoms with Gasteiger partial charge in [0.15, 0.2) is 0 Å². The highest BCUT2D eigenvalue weighted by Gasteiger charge is 2.35. The minimum Gasteiger partial charge on any atom is -0.310 e. The van der Waals surface area contributed by atoms with Crippen molar-refractivity contribution in [1.29, 1.82) is 0 Å². The number of hydrogen-bond donors (Lipinski definition) is 0. The number of thiophene rings is 1. The van der Waals surface area contributed by atoms with E-state index in [0.29, 0.717) is 0 Å². The molecule has 0 atom stereocenters. The lowest BCUT2D eigenvalue weighted by Crippen LogP contribution is -2.15. The number of anilines is 6. The molecule has 0 spiro atoms. The van der Waals surface area contributed by atoms with Gasteiger partial charge in [-0.15, -0.1) is 11.3 Å². The van der Waals surface area contributed by atoms with E-state index in [9.17, 15) is 0 Å². The Kier molecular flexibility index (Phi) is 6.70. The van der Waals surface area contributed by atoms with E-state index in [2.05, 4.69) is 194 Å². The second-order valence-corrected chi connectivity index (χ2v) is 14.1. The first-order valence-corrected chi connectivity index (χ1v) is 17.3. The molecule has 0 amide bonds. The van der Waals surface area contributed by atoms with Crippen LogP contribution in [0.4, 0.5) is 34.1 Å². The third-order valence-corrected chi connectivity index (χ3v) is 11.0. The molecule has 0 bridgehead atoms. The predicted molar refractivity (Wildman–Crippen MR) is 206 cm³/mol. The summed E-state index contributed by atoms with van der Waals surface area (Å²) in [6.45, 7) is 4.68. The molecule has 0 unspecified atom stereocenters. The normalized spacial score (nSPS) is 13.0. The van der Waals surface area contributed by atoms with Gasteiger partial charge in [-0.1, -0.05) is 105 Å². The van der Waals surface area contributed by atoms with Crippen LogP contribution in [0.2, 0.25) is 0 Å². The Morgan fingerprint density at radius 3 is 1.54 bits per heavy atom. The van der Waals surface area contributed by atoms with Crippen LogP contribution in [0, 0.1) is 0 Å². The van der Waals surface area contributed by atoms with Crippen LogP contribution in [0.1, 0.15) is 25.0 Å². The lowest BCUT2D eigenvalue weighted by molar-refractivity contribution is 0.660. The summed E-state index contributed by atoms with van der Waals surface area (Å²) in [5, 5.41) is 2.55. The number of fused-ring (bicyclic) bond motifs is 6. The maximum Gasteiger partial charge on any atom is 0.0476 e. The van der Waals surface area contributed by atoms with Gasteiger partial charge in [0.2, 0.25) is 0 Å². The molecule has 230 valence electrons. The van der Waals surface area contributed by atoms with Crippen molar-refractivity contribution in [3.05, 3.63) is 181 Å². The zero-order valence-corrected chi connectivity index (χ0v) is 27.8. The smallest absolute Gasteiger partial charge is 0.0476 e. The van der Waals surface area contributed by atoms with Gasteiger partial charge in [0.1, 0.15) is 0 Å². The van der Waals surface area contributed by atoms with Crippen LogP contribution in [-0.2, 0) is 5.41 Å². The zero-order chi connectivity index (χ0) is 32.2. The molecule has 7 aromatic carbocycles. The number of benzene rings is 7. The average Bonchev–Trinajstić information content (AvgIpc) is 3.61. The van der Waals surface area contributed by atoms with Crippen LogP contribution in [0.3, 0.4) is 0 Å². The van der Waals surface area contributed by atoms with E-state index in [1.165, 1.54) is 42.4 Å². The number of nitrogens with zero attached hydrogens (tertiary/aromatic N) is 2. The summed E-state index contributed by atoms with van der Waals surface area (Å²) in [6, 6.07) is 61.7. The third-order valence-electron chi connectivity index (χ3n) is 9.82. The molecule has 48 heavy (non-hydrogen) atoms. The zero-order valence-electron chi connectivity index (χ0n) is 27.0. The molecular formula is C45H34N2S. The highest BCUT2D eigenvalue weighted by atomic mass is 32.1. The van der Waals surface area contributed by atoms with Crippen LogP contribution in [0.5, 0.6) is 0 Å². The average molecular weight is 635 g/mol. The highest BCUT2D eigenvalue weighted by Crippen LogP contribution is 2.51. The van der Waals surface area contributed by atoms with Gasteiger partial charge >= 0.3 is 0 Å². The van der Waals surface area contributed by atoms with E-state index >= 15 is 0 Å². The summed E-state index contributed by atoms with van der Waals surface area (Å²) < 4.78 is 2.56. The van der Waals surface area contributed by atoms with E-state index in [4.69, 9.17) is 0 Å². The molecule has 0 fully saturated rings. The van der Waals surface area contributed by atoms with Gasteiger partial charge in [0.05, 0.1) is 0 Å². The number of para-hydroxylation sites is 3. The fourth-order valence-electron chi connectivity index (χ4n) is 7.50. The summed E-state index contributed by atoms with van der Waals surface area (Å²) in [7, 11) is 0. The summed E-state index contributed by atoms with van der Waals surface area (Å²) in [4.78, 5) is 4.73. The molecule has 0 aliphatic heterocycles. The van der Waals surface area contributed by atoms with E-state index < -0.39 is 0 Å². The molecule has 8 aromatic rings. The third kappa shape index (κ3) is 4.62. The lowest BCUT2D eigenvalue weighted by Gasteiger charge is -2.27. The van der Waals surface area contributed by atoms with Gasteiger partial charge in [0.25, 0.3) is 0 Å². The Morgan fingerprint density at radius 2 is 0.875 bits per heavy atom. The lowest BCUT2D eigenvalue weighted by atomic mass is 9.82. The second kappa shape index (κ2) is 11.3. The van der Waals surface area contributed by atoms with Gasteiger partial charge < -0.3 is 9.80 Å². The quantitative estimate of drug-likeness (QED) is 0.180. The van der Waals surface area contributed by atoms with Crippen molar-refractivity contribution < 1.29 is 0 Å². The molecule has 0 N–H and O–H groups in total. The molecule has 1 aliphatic rings. The second-order valence-electron chi connectivity index (χ2n) is 13.0. The standard InChI is InChI=1S/C45H34N2S/c1-45(2)41-21-13-12-20-37(41)39-28-34(23-26-42(39)45)47(33-18-10-5-11-19-33)36-22-25-38-40-29-35(24-27-43(40)48-44(38)30-36)46(31-14-6-3-7-15-31)32-16-8-4-9-17-32/h3-30H,1-2H3. The summed E-state index contributed by atoms with van der Waals surface area (Å²) >= 11 is 1.86. The van der Waals surface area contributed by atoms with Crippen molar-refractivity contribution in [2.24, 2.45) is 0 Å². The van der Waals surface area contributed by atoms with E-state index in [0.717, 1.165) is 34.1 Å². The van der Waals surface area contributed by atoms with Crippen molar-refractivity contribution in [3.8, 4) is 11.1 Å². The number of hydrogen-bond acceptors (Lipinski definition) is 3. The molecule has 1 heterocycles. The summed E-state index contributed by atoms with van der Waals surface area (Å²) in [5.41, 5.74) is 12.3. The minimum absolute atomic E-state index is 0.0204. The van der Waals surface area contributed by atoms with E-state index in [1.807, 2.05) is 11.3 Å². The molecule has 0 saturated carbocycles. The predicted octanol–water partition coefficient (Wildman–Crippen LogP) is 13.3. The minimum atomic E-state index is -0.0204. The summed E-state index contributed by atoms with van der Waals surface area (Å²) in [6.07, 6.45) is 0. The van der Waals surface area contributed by atoms with Crippen molar-refractivity contribution >= 4 is 65.6 Å². The largest absolute Gasteiger partial charge is 0.310 e. The van der Waals surface area contributed by atoms with Crippen LogP contribution in [0.25, 0.3) is 31.3 Å². The van der Waals surface area contributed by atoms with Crippen molar-refractivity contribution in [2.75, 3.05) is 9.80 Å². The molecule has 3 heteroatoms. The van der Waals surface area contributed by atoms with Crippen LogP contribution >= 0.6 is 11.3 Å². The van der Waals surface area contributed by atoms with E-state index in [1.54, 1.807) is 0 Å². The van der Waals surface area contributed by atoms with Gasteiger partial charge in [-0.3, -0.25) is 0 Å². The van der Waals surface area contributed by atoms with Crippen LogP contribution in [0.15, 0.2) is 170 Å². The van der Waals surface area contributed by atoms with Gasteiger partial charge in [-0.05, 0) is 101 Å². The monoisotopic (exact) mass is 634 g/mol. The first-order chi connectivity index (χ1) is 23.6. The molecule has 1 aromatic heterocycles. The van der Waals surface area contributed by atoms with Crippen molar-refractivity contribution in [2.45, 2.75) is 19.3 Å². The summed E-state index contributed by atoms with van der Waals surface area (Å²) in [5.74, 6) is 0. The topological polar surface area (TPSA) is 6.48 Å². The molecule has 9 rings (SSSR count). The van der Waals surface area contributed by atoms with Crippen molar-refractivity contribution in [3.63, 3.8) is 0 Å². The number of rotatable bonds is 6. The molecular weight excluding hydrogens is 601 g/mol. The first kappa shape index (κ1) is 28.6. The molecule has 2 nitrogen and oxygen atoms in total. The van der Waals surface area contributed by atoms with E-state index in [-0.39, 0.29) is 5.41 Å². The van der Waals surface area contributed by atoms with Crippen LogP contribution in [-0.4, -0.2) is 0 Å². The maximum atomic E-state index is 2.40. The fourth-order valence-corrected chi connectivity index (χ4v) is 8.62. The Bertz CT molecular complexity index is 2390. The van der Waals surface area contributed by atoms with Crippen molar-refractivity contribution in [1.82, 2.24) is 0 Å². The fraction of sp³-hybridized carbons (Fsp3) is 0.0667. The van der Waals surface area contributed by atoms with Crippen LogP contribution < -0.4 is 9.80 Å². The van der Waals surface area contributed by atoms with Gasteiger partial charge in [0, 0.05) is 59.7 Å². The van der Waals surface area contributed by atoms with Gasteiger partial charge in [-0.25, -0.2) is 0 Å². The Hall–Kier alpha value is -5.64. The van der Waals surface area contributed by atoms with Gasteiger partial charge in [-0.2, -0.15) is 0 Å². The molecule has 0 saturated heterocycles. The Morgan fingerprint density at radius 1 is 0.375 bits per heavy atom. The highest BCUT2D eigenvalue weighted by molar-refractivity contribution is 7.25.